The molecule has 118 valence electrons. The number of hydrogen-bond donors (Lipinski definition) is 1. The Bertz CT molecular complexity index is 854. The minimum atomic E-state index is -0.118. The fourth-order valence-corrected chi connectivity index (χ4v) is 2.78. The van der Waals surface area contributed by atoms with Crippen LogP contribution >= 0.6 is 0 Å². The van der Waals surface area contributed by atoms with E-state index in [4.69, 9.17) is 4.52 Å². The molecular weight excluding hydrogens is 296 g/mol. The lowest BCUT2D eigenvalue weighted by Gasteiger charge is -2.16. The van der Waals surface area contributed by atoms with Gasteiger partial charge in [0.2, 0.25) is 5.76 Å². The fourth-order valence-electron chi connectivity index (χ4n) is 2.78. The lowest BCUT2D eigenvalue weighted by Crippen LogP contribution is -2.31. The Labute approximate surface area is 132 Å². The summed E-state index contributed by atoms with van der Waals surface area (Å²) in [4.78, 5) is 18.3. The number of aryl methyl sites for hydroxylation is 1. The second-order valence-corrected chi connectivity index (χ2v) is 5.66. The van der Waals surface area contributed by atoms with Crippen molar-refractivity contribution in [3.63, 3.8) is 0 Å². The largest absolute Gasteiger partial charge is 0.364 e. The summed E-state index contributed by atoms with van der Waals surface area (Å²) in [5.41, 5.74) is 1.51. The molecule has 0 unspecified atom stereocenters. The summed E-state index contributed by atoms with van der Waals surface area (Å²) in [5, 5.41) is 11.6. The molecule has 0 aromatic carbocycles. The van der Waals surface area contributed by atoms with Crippen LogP contribution in [0.3, 0.4) is 0 Å². The van der Waals surface area contributed by atoms with E-state index in [2.05, 4.69) is 20.6 Å². The highest BCUT2D eigenvalue weighted by atomic mass is 16.5. The summed E-state index contributed by atoms with van der Waals surface area (Å²) < 4.78 is 6.77. The molecule has 4 rings (SSSR count). The highest BCUT2D eigenvalue weighted by Gasteiger charge is 2.29. The van der Waals surface area contributed by atoms with Gasteiger partial charge in [0, 0.05) is 37.6 Å². The Morgan fingerprint density at radius 3 is 3.17 bits per heavy atom. The summed E-state index contributed by atoms with van der Waals surface area (Å²) in [7, 11) is 0. The van der Waals surface area contributed by atoms with Gasteiger partial charge in [-0.15, -0.1) is 5.10 Å². The van der Waals surface area contributed by atoms with E-state index >= 15 is 0 Å². The van der Waals surface area contributed by atoms with Crippen LogP contribution in [-0.2, 0) is 0 Å². The zero-order valence-electron chi connectivity index (χ0n) is 12.6. The fraction of sp³-hybridized carbons (Fsp3) is 0.333. The van der Waals surface area contributed by atoms with Gasteiger partial charge < -0.3 is 14.7 Å². The third-order valence-corrected chi connectivity index (χ3v) is 3.92. The van der Waals surface area contributed by atoms with Crippen molar-refractivity contribution in [1.29, 1.82) is 0 Å². The summed E-state index contributed by atoms with van der Waals surface area (Å²) in [6.45, 7) is 3.10. The Kier molecular flexibility index (Phi) is 3.22. The van der Waals surface area contributed by atoms with Crippen molar-refractivity contribution < 1.29 is 9.32 Å². The van der Waals surface area contributed by atoms with E-state index in [0.717, 1.165) is 17.9 Å². The van der Waals surface area contributed by atoms with Crippen LogP contribution in [0.15, 0.2) is 35.1 Å². The van der Waals surface area contributed by atoms with Crippen molar-refractivity contribution in [2.24, 2.45) is 0 Å². The smallest absolute Gasteiger partial charge is 0.292 e. The Balaban J connectivity index is 1.42. The lowest BCUT2D eigenvalue weighted by molar-refractivity contribution is 0.0750. The van der Waals surface area contributed by atoms with Gasteiger partial charge in [-0.25, -0.2) is 9.50 Å². The second-order valence-electron chi connectivity index (χ2n) is 5.66. The molecule has 1 N–H and O–H groups in total. The molecular formula is C15H16N6O2. The summed E-state index contributed by atoms with van der Waals surface area (Å²) in [6.07, 6.45) is 4.38. The van der Waals surface area contributed by atoms with Gasteiger partial charge >= 0.3 is 0 Å². The van der Waals surface area contributed by atoms with Crippen molar-refractivity contribution in [2.75, 3.05) is 18.4 Å². The van der Waals surface area contributed by atoms with Crippen LogP contribution in [0, 0.1) is 6.92 Å². The number of carbonyl (C=O) groups is 1. The standard InChI is InChI=1S/C15H16N6O2/c1-10-8-12(23-19-10)15(22)20-6-4-11(9-20)17-13-2-3-14-16-5-7-21(14)18-13/h2-3,5,7-8,11H,4,6,9H2,1H3,(H,17,18)/t11-/m1/s1. The maximum Gasteiger partial charge on any atom is 0.292 e. The molecule has 1 atom stereocenters. The van der Waals surface area contributed by atoms with Crippen LogP contribution in [0.2, 0.25) is 0 Å². The molecule has 1 fully saturated rings. The minimum Gasteiger partial charge on any atom is -0.364 e. The Morgan fingerprint density at radius 2 is 2.35 bits per heavy atom. The number of nitrogens with zero attached hydrogens (tertiary/aromatic N) is 5. The first-order chi connectivity index (χ1) is 11.2. The molecule has 8 nitrogen and oxygen atoms in total. The van der Waals surface area contributed by atoms with Gasteiger partial charge in [-0.1, -0.05) is 5.16 Å². The second kappa shape index (κ2) is 5.38. The van der Waals surface area contributed by atoms with Gasteiger partial charge in [0.05, 0.1) is 5.69 Å². The van der Waals surface area contributed by atoms with Crippen LogP contribution in [-0.4, -0.2) is 49.7 Å². The molecule has 0 bridgehead atoms. The number of rotatable bonds is 3. The molecule has 1 aliphatic heterocycles. The molecule has 0 spiro atoms. The van der Waals surface area contributed by atoms with Crippen molar-refractivity contribution >= 4 is 17.4 Å². The monoisotopic (exact) mass is 312 g/mol. The Hall–Kier alpha value is -2.90. The highest BCUT2D eigenvalue weighted by molar-refractivity contribution is 5.91. The van der Waals surface area contributed by atoms with E-state index in [9.17, 15) is 4.79 Å². The molecule has 3 aromatic heterocycles. The lowest BCUT2D eigenvalue weighted by atomic mass is 10.2. The number of carbonyl (C=O) groups excluding carboxylic acids is 1. The molecule has 0 radical (unpaired) electrons. The van der Waals surface area contributed by atoms with Crippen molar-refractivity contribution in [3.05, 3.63) is 42.0 Å². The predicted octanol–water partition coefficient (Wildman–Crippen LogP) is 1.35. The van der Waals surface area contributed by atoms with Gasteiger partial charge in [0.1, 0.15) is 5.82 Å². The highest BCUT2D eigenvalue weighted by Crippen LogP contribution is 2.17. The van der Waals surface area contributed by atoms with Crippen LogP contribution in [0.4, 0.5) is 5.82 Å². The number of anilines is 1. The molecule has 1 amide bonds. The van der Waals surface area contributed by atoms with Gasteiger partial charge in [-0.05, 0) is 25.5 Å². The average molecular weight is 312 g/mol. The number of aromatic nitrogens is 4. The molecule has 0 saturated carbocycles. The zero-order chi connectivity index (χ0) is 15.8. The first kappa shape index (κ1) is 13.7. The van der Waals surface area contributed by atoms with E-state index in [-0.39, 0.29) is 11.9 Å². The summed E-state index contributed by atoms with van der Waals surface area (Å²) in [5.74, 6) is 0.944. The molecule has 8 heteroatoms. The van der Waals surface area contributed by atoms with Crippen molar-refractivity contribution in [2.45, 2.75) is 19.4 Å². The normalized spacial score (nSPS) is 17.8. The summed E-state index contributed by atoms with van der Waals surface area (Å²) >= 11 is 0. The number of nitrogens with one attached hydrogen (secondary N) is 1. The first-order valence-electron chi connectivity index (χ1n) is 7.48. The quantitative estimate of drug-likeness (QED) is 0.785. The van der Waals surface area contributed by atoms with Crippen molar-refractivity contribution in [3.8, 4) is 0 Å². The molecule has 23 heavy (non-hydrogen) atoms. The molecule has 1 saturated heterocycles. The van der Waals surface area contributed by atoms with E-state index in [1.54, 1.807) is 34.8 Å². The van der Waals surface area contributed by atoms with E-state index in [1.807, 2.05) is 12.1 Å². The van der Waals surface area contributed by atoms with Crippen molar-refractivity contribution in [1.82, 2.24) is 24.7 Å². The van der Waals surface area contributed by atoms with Gasteiger partial charge in [-0.3, -0.25) is 4.79 Å². The molecule has 0 aliphatic carbocycles. The van der Waals surface area contributed by atoms with E-state index in [1.165, 1.54) is 0 Å². The molecule has 3 aromatic rings. The maximum absolute atomic E-state index is 12.3. The topological polar surface area (TPSA) is 88.6 Å². The number of fused-ring (bicyclic) bond motifs is 1. The van der Waals surface area contributed by atoms with E-state index in [0.29, 0.717) is 24.5 Å². The minimum absolute atomic E-state index is 0.118. The number of imidazole rings is 1. The SMILES string of the molecule is Cc1cc(C(=O)N2CC[C@@H](Nc3ccc4nccn4n3)C2)on1. The van der Waals surface area contributed by atoms with Gasteiger partial charge in [-0.2, -0.15) is 0 Å². The summed E-state index contributed by atoms with van der Waals surface area (Å²) in [6, 6.07) is 5.63. The third-order valence-electron chi connectivity index (χ3n) is 3.92. The number of likely N-dealkylation sites (tertiary alicyclic amines) is 1. The first-order valence-corrected chi connectivity index (χ1v) is 7.48. The average Bonchev–Trinajstić information content (AvgIpc) is 3.26. The van der Waals surface area contributed by atoms with Crippen LogP contribution in [0.25, 0.3) is 5.65 Å². The van der Waals surface area contributed by atoms with Gasteiger partial charge in [0.25, 0.3) is 5.91 Å². The molecule has 4 heterocycles. The van der Waals surface area contributed by atoms with Crippen LogP contribution < -0.4 is 5.32 Å². The van der Waals surface area contributed by atoms with Gasteiger partial charge in [0.15, 0.2) is 5.65 Å². The van der Waals surface area contributed by atoms with Crippen LogP contribution in [0.1, 0.15) is 22.7 Å². The third kappa shape index (κ3) is 2.63. The maximum atomic E-state index is 12.3. The van der Waals surface area contributed by atoms with Crippen LogP contribution in [0.5, 0.6) is 0 Å². The number of amides is 1. The zero-order valence-corrected chi connectivity index (χ0v) is 12.6. The molecule has 1 aliphatic rings. The van der Waals surface area contributed by atoms with E-state index < -0.39 is 0 Å². The number of hydrogen-bond acceptors (Lipinski definition) is 6. The predicted molar refractivity (Wildman–Crippen MR) is 82.2 cm³/mol. The Morgan fingerprint density at radius 1 is 1.43 bits per heavy atom.